The lowest BCUT2D eigenvalue weighted by molar-refractivity contribution is 0.417. The van der Waals surface area contributed by atoms with E-state index in [9.17, 15) is 0 Å². The van der Waals surface area contributed by atoms with Gasteiger partial charge in [-0.2, -0.15) is 0 Å². The van der Waals surface area contributed by atoms with Gasteiger partial charge in [-0.1, -0.05) is 63.4 Å². The number of unbranched alkanes of at least 4 members (excludes halogenated alkanes) is 2. The quantitative estimate of drug-likeness (QED) is 0.563. The van der Waals surface area contributed by atoms with Crippen molar-refractivity contribution in [2.75, 3.05) is 13.1 Å². The van der Waals surface area contributed by atoms with Crippen molar-refractivity contribution in [1.29, 1.82) is 0 Å². The molecule has 0 heterocycles. The van der Waals surface area contributed by atoms with E-state index >= 15 is 0 Å². The van der Waals surface area contributed by atoms with E-state index in [0.717, 1.165) is 5.92 Å². The predicted octanol–water partition coefficient (Wildman–Crippen LogP) is 4.82. The fraction of sp³-hybridized carbons (Fsp3) is 0.667. The molecule has 1 N–H and O–H groups in total. The number of hydrogen-bond donors (Lipinski definition) is 1. The Kier molecular flexibility index (Phi) is 9.44. The van der Waals surface area contributed by atoms with Crippen LogP contribution in [0, 0.1) is 5.92 Å². The van der Waals surface area contributed by atoms with Gasteiger partial charge in [0, 0.05) is 0 Å². The summed E-state index contributed by atoms with van der Waals surface area (Å²) in [5, 5.41) is 3.63. The lowest BCUT2D eigenvalue weighted by atomic mass is 9.99. The lowest BCUT2D eigenvalue weighted by Gasteiger charge is -2.15. The first-order valence-corrected chi connectivity index (χ1v) is 8.11. The van der Waals surface area contributed by atoms with Gasteiger partial charge >= 0.3 is 0 Å². The van der Waals surface area contributed by atoms with Crippen molar-refractivity contribution in [3.63, 3.8) is 0 Å². The van der Waals surface area contributed by atoms with Crippen LogP contribution in [0.2, 0.25) is 0 Å². The average Bonchev–Trinajstić information content (AvgIpc) is 2.47. The molecule has 0 fully saturated rings. The Morgan fingerprint density at radius 3 is 2.47 bits per heavy atom. The van der Waals surface area contributed by atoms with Gasteiger partial charge < -0.3 is 5.32 Å². The SMILES string of the molecule is CCCCC(CC)CNCCCCc1ccccc1. The van der Waals surface area contributed by atoms with Crippen molar-refractivity contribution in [1.82, 2.24) is 5.32 Å². The molecule has 1 heteroatoms. The molecular formula is C18H31N. The summed E-state index contributed by atoms with van der Waals surface area (Å²) in [7, 11) is 0. The van der Waals surface area contributed by atoms with Crippen LogP contribution in [0.4, 0.5) is 0 Å². The lowest BCUT2D eigenvalue weighted by Crippen LogP contribution is -2.23. The van der Waals surface area contributed by atoms with E-state index in [4.69, 9.17) is 0 Å². The zero-order chi connectivity index (χ0) is 13.8. The maximum atomic E-state index is 3.63. The summed E-state index contributed by atoms with van der Waals surface area (Å²) >= 11 is 0. The Hall–Kier alpha value is -0.820. The summed E-state index contributed by atoms with van der Waals surface area (Å²) in [5.41, 5.74) is 1.47. The minimum absolute atomic E-state index is 0.883. The van der Waals surface area contributed by atoms with Crippen molar-refractivity contribution in [3.8, 4) is 0 Å². The summed E-state index contributed by atoms with van der Waals surface area (Å²) < 4.78 is 0. The fourth-order valence-corrected chi connectivity index (χ4v) is 2.47. The zero-order valence-corrected chi connectivity index (χ0v) is 12.8. The maximum Gasteiger partial charge on any atom is -0.00206 e. The monoisotopic (exact) mass is 261 g/mol. The molecular weight excluding hydrogens is 230 g/mol. The summed E-state index contributed by atoms with van der Waals surface area (Å²) in [6.45, 7) is 6.98. The molecule has 1 aromatic rings. The Morgan fingerprint density at radius 2 is 1.79 bits per heavy atom. The van der Waals surface area contributed by atoms with E-state index in [1.54, 1.807) is 0 Å². The second kappa shape index (κ2) is 11.0. The van der Waals surface area contributed by atoms with Crippen molar-refractivity contribution < 1.29 is 0 Å². The summed E-state index contributed by atoms with van der Waals surface area (Å²) in [6.07, 6.45) is 9.22. The maximum absolute atomic E-state index is 3.63. The normalized spacial score (nSPS) is 12.5. The highest BCUT2D eigenvalue weighted by Crippen LogP contribution is 2.11. The number of aryl methyl sites for hydroxylation is 1. The third-order valence-electron chi connectivity index (χ3n) is 3.89. The first kappa shape index (κ1) is 16.2. The Bertz CT molecular complexity index is 294. The molecule has 0 spiro atoms. The van der Waals surface area contributed by atoms with Crippen molar-refractivity contribution >= 4 is 0 Å². The molecule has 19 heavy (non-hydrogen) atoms. The minimum Gasteiger partial charge on any atom is -0.316 e. The molecule has 0 aliphatic carbocycles. The van der Waals surface area contributed by atoms with E-state index in [-0.39, 0.29) is 0 Å². The molecule has 1 atom stereocenters. The van der Waals surface area contributed by atoms with Crippen LogP contribution in [-0.4, -0.2) is 13.1 Å². The van der Waals surface area contributed by atoms with Crippen LogP contribution >= 0.6 is 0 Å². The average molecular weight is 261 g/mol. The standard InChI is InChI=1S/C18H31N/c1-3-5-11-17(4-2)16-19-15-10-9-14-18-12-7-6-8-13-18/h6-8,12-13,17,19H,3-5,9-11,14-16H2,1-2H3. The van der Waals surface area contributed by atoms with E-state index < -0.39 is 0 Å². The molecule has 0 aliphatic rings. The van der Waals surface area contributed by atoms with Gasteiger partial charge in [0.25, 0.3) is 0 Å². The van der Waals surface area contributed by atoms with Gasteiger partial charge in [-0.25, -0.2) is 0 Å². The van der Waals surface area contributed by atoms with Gasteiger partial charge in [0.05, 0.1) is 0 Å². The van der Waals surface area contributed by atoms with Gasteiger partial charge in [0.15, 0.2) is 0 Å². The molecule has 1 nitrogen and oxygen atoms in total. The molecule has 0 saturated heterocycles. The van der Waals surface area contributed by atoms with Crippen LogP contribution in [0.1, 0.15) is 57.9 Å². The smallest absolute Gasteiger partial charge is 0.00206 e. The molecule has 0 amide bonds. The van der Waals surface area contributed by atoms with E-state index in [1.807, 2.05) is 0 Å². The molecule has 0 saturated carbocycles. The summed E-state index contributed by atoms with van der Waals surface area (Å²) in [4.78, 5) is 0. The predicted molar refractivity (Wildman–Crippen MR) is 85.6 cm³/mol. The largest absolute Gasteiger partial charge is 0.316 e. The molecule has 0 aliphatic heterocycles. The number of benzene rings is 1. The number of rotatable bonds is 11. The Balaban J connectivity index is 1.98. The van der Waals surface area contributed by atoms with Crippen LogP contribution in [0.3, 0.4) is 0 Å². The van der Waals surface area contributed by atoms with Gasteiger partial charge in [-0.3, -0.25) is 0 Å². The Morgan fingerprint density at radius 1 is 1.00 bits per heavy atom. The second-order valence-corrected chi connectivity index (χ2v) is 5.56. The van der Waals surface area contributed by atoms with Crippen molar-refractivity contribution in [2.24, 2.45) is 5.92 Å². The highest BCUT2D eigenvalue weighted by molar-refractivity contribution is 5.14. The van der Waals surface area contributed by atoms with Crippen LogP contribution < -0.4 is 5.32 Å². The molecule has 108 valence electrons. The van der Waals surface area contributed by atoms with Gasteiger partial charge in [0.2, 0.25) is 0 Å². The van der Waals surface area contributed by atoms with Gasteiger partial charge in [0.1, 0.15) is 0 Å². The third-order valence-corrected chi connectivity index (χ3v) is 3.89. The molecule has 0 aromatic heterocycles. The Labute approximate surface area is 119 Å². The van der Waals surface area contributed by atoms with Crippen LogP contribution in [0.25, 0.3) is 0 Å². The fourth-order valence-electron chi connectivity index (χ4n) is 2.47. The van der Waals surface area contributed by atoms with E-state index in [2.05, 4.69) is 49.5 Å². The topological polar surface area (TPSA) is 12.0 Å². The molecule has 1 unspecified atom stereocenters. The molecule has 1 aromatic carbocycles. The van der Waals surface area contributed by atoms with Crippen LogP contribution in [0.15, 0.2) is 30.3 Å². The van der Waals surface area contributed by atoms with E-state index in [1.165, 1.54) is 63.6 Å². The first-order chi connectivity index (χ1) is 9.36. The number of nitrogens with one attached hydrogen (secondary N) is 1. The van der Waals surface area contributed by atoms with Crippen molar-refractivity contribution in [2.45, 2.75) is 58.8 Å². The van der Waals surface area contributed by atoms with Crippen molar-refractivity contribution in [3.05, 3.63) is 35.9 Å². The van der Waals surface area contributed by atoms with Gasteiger partial charge in [-0.05, 0) is 50.3 Å². The highest BCUT2D eigenvalue weighted by Gasteiger charge is 2.04. The van der Waals surface area contributed by atoms with Gasteiger partial charge in [-0.15, -0.1) is 0 Å². The zero-order valence-electron chi connectivity index (χ0n) is 12.8. The minimum atomic E-state index is 0.883. The first-order valence-electron chi connectivity index (χ1n) is 8.11. The third kappa shape index (κ3) is 8.05. The summed E-state index contributed by atoms with van der Waals surface area (Å²) in [6, 6.07) is 10.8. The van der Waals surface area contributed by atoms with E-state index in [0.29, 0.717) is 0 Å². The highest BCUT2D eigenvalue weighted by atomic mass is 14.8. The second-order valence-electron chi connectivity index (χ2n) is 5.56. The van der Waals surface area contributed by atoms with Crippen LogP contribution in [-0.2, 0) is 6.42 Å². The molecule has 1 rings (SSSR count). The van der Waals surface area contributed by atoms with Crippen LogP contribution in [0.5, 0.6) is 0 Å². The summed E-state index contributed by atoms with van der Waals surface area (Å²) in [5.74, 6) is 0.883. The molecule has 0 radical (unpaired) electrons. The molecule has 0 bridgehead atoms. The number of hydrogen-bond acceptors (Lipinski definition) is 1.